The number of likely N-dealkylation sites (tertiary alicyclic amines) is 1. The van der Waals surface area contributed by atoms with Crippen molar-refractivity contribution < 1.29 is 27.4 Å². The molecule has 2 heterocycles. The van der Waals surface area contributed by atoms with Crippen LogP contribution in [0.2, 0.25) is 0 Å². The summed E-state index contributed by atoms with van der Waals surface area (Å²) in [6, 6.07) is 4.20. The van der Waals surface area contributed by atoms with Crippen LogP contribution < -0.4 is 4.74 Å². The first kappa shape index (κ1) is 37.3. The van der Waals surface area contributed by atoms with Gasteiger partial charge in [0.2, 0.25) is 16.4 Å². The van der Waals surface area contributed by atoms with Gasteiger partial charge >= 0.3 is 0 Å². The van der Waals surface area contributed by atoms with Crippen LogP contribution in [0.15, 0.2) is 17.0 Å². The Hall–Kier alpha value is -1.72. The van der Waals surface area contributed by atoms with Crippen LogP contribution in [-0.2, 0) is 24.3 Å². The Kier molecular flexibility index (Phi) is 20.2. The van der Waals surface area contributed by atoms with Crippen LogP contribution >= 0.6 is 0 Å². The van der Waals surface area contributed by atoms with Crippen molar-refractivity contribution >= 4 is 16.4 Å². The molecule has 1 amide bonds. The largest absolute Gasteiger partial charge is 0.497 e. The van der Waals surface area contributed by atoms with Gasteiger partial charge in [0.05, 0.1) is 25.2 Å². The van der Waals surface area contributed by atoms with E-state index in [2.05, 4.69) is 9.64 Å². The SMILES string of the molecule is CC.CCCN(CC)S(=O)(=O)c1c(C)cc(OC)cc1C.CCOC.O=CN1CCC(N2CCOCC2)CC1. The number of rotatable bonds is 9. The van der Waals surface area contributed by atoms with Gasteiger partial charge in [0.15, 0.2) is 0 Å². The van der Waals surface area contributed by atoms with E-state index in [9.17, 15) is 13.2 Å². The number of nitrogens with zero attached hydrogens (tertiary/aromatic N) is 3. The van der Waals surface area contributed by atoms with E-state index in [1.807, 2.05) is 53.4 Å². The van der Waals surface area contributed by atoms with E-state index in [0.29, 0.717) is 29.8 Å². The van der Waals surface area contributed by atoms with Crippen LogP contribution in [-0.4, -0.2) is 108 Å². The molecule has 2 aliphatic heterocycles. The quantitative estimate of drug-likeness (QED) is 0.406. The van der Waals surface area contributed by atoms with Crippen LogP contribution in [0.3, 0.4) is 0 Å². The van der Waals surface area contributed by atoms with E-state index in [4.69, 9.17) is 9.47 Å². The fourth-order valence-electron chi connectivity index (χ4n) is 4.56. The zero-order chi connectivity index (χ0) is 29.8. The number of morpholine rings is 1. The summed E-state index contributed by atoms with van der Waals surface area (Å²) in [5.74, 6) is 0.687. The van der Waals surface area contributed by atoms with Crippen molar-refractivity contribution in [2.75, 3.05) is 73.3 Å². The molecule has 1 aromatic rings. The summed E-state index contributed by atoms with van der Waals surface area (Å²) in [7, 11) is -0.160. The minimum atomic E-state index is -3.42. The highest BCUT2D eigenvalue weighted by atomic mass is 32.2. The molecule has 10 heteroatoms. The van der Waals surface area contributed by atoms with Crippen LogP contribution in [0.25, 0.3) is 0 Å². The highest BCUT2D eigenvalue weighted by molar-refractivity contribution is 7.89. The number of hydrogen-bond donors (Lipinski definition) is 0. The molecular formula is C29H55N3O6S. The molecule has 228 valence electrons. The minimum absolute atomic E-state index is 0.406. The Morgan fingerprint density at radius 1 is 1.00 bits per heavy atom. The molecular weight excluding hydrogens is 518 g/mol. The number of methoxy groups -OCH3 is 2. The maximum atomic E-state index is 12.7. The lowest BCUT2D eigenvalue weighted by molar-refractivity contribution is -0.119. The number of benzene rings is 1. The monoisotopic (exact) mass is 573 g/mol. The normalized spacial score (nSPS) is 16.2. The Balaban J connectivity index is 0.000000632. The van der Waals surface area contributed by atoms with E-state index in [0.717, 1.165) is 82.8 Å². The van der Waals surface area contributed by atoms with Gasteiger partial charge in [-0.3, -0.25) is 9.69 Å². The number of piperidine rings is 1. The molecule has 0 bridgehead atoms. The average molecular weight is 574 g/mol. The van der Waals surface area contributed by atoms with E-state index >= 15 is 0 Å². The zero-order valence-corrected chi connectivity index (χ0v) is 26.8. The molecule has 0 saturated carbocycles. The first-order valence-electron chi connectivity index (χ1n) is 14.3. The molecule has 0 aromatic heterocycles. The lowest BCUT2D eigenvalue weighted by Gasteiger charge is -2.39. The molecule has 39 heavy (non-hydrogen) atoms. The number of amides is 1. The lowest BCUT2D eigenvalue weighted by atomic mass is 10.0. The summed E-state index contributed by atoms with van der Waals surface area (Å²) in [5.41, 5.74) is 1.46. The summed E-state index contributed by atoms with van der Waals surface area (Å²) in [6.07, 6.45) is 4.02. The summed E-state index contributed by atoms with van der Waals surface area (Å²) in [4.78, 5) is 15.3. The Bertz CT molecular complexity index is 858. The summed E-state index contributed by atoms with van der Waals surface area (Å²) >= 11 is 0. The Morgan fingerprint density at radius 3 is 1.90 bits per heavy atom. The molecule has 1 aromatic carbocycles. The first-order valence-corrected chi connectivity index (χ1v) is 15.8. The number of carbonyl (C=O) groups is 1. The molecule has 2 fully saturated rings. The van der Waals surface area contributed by atoms with Crippen LogP contribution in [0, 0.1) is 13.8 Å². The van der Waals surface area contributed by atoms with Crippen molar-refractivity contribution in [2.24, 2.45) is 0 Å². The minimum Gasteiger partial charge on any atom is -0.497 e. The summed E-state index contributed by atoms with van der Waals surface area (Å²) < 4.78 is 41.9. The molecule has 0 aliphatic carbocycles. The van der Waals surface area contributed by atoms with E-state index in [-0.39, 0.29) is 0 Å². The van der Waals surface area contributed by atoms with Crippen molar-refractivity contribution in [1.29, 1.82) is 0 Å². The molecule has 2 aliphatic rings. The standard InChI is InChI=1S/C14H23NO3S.C10H18N2O2.C3H8O.C2H6/c1-6-8-15(7-2)19(16,17)14-11(3)9-13(18-5)10-12(14)4;13-9-11-3-1-10(2-4-11)12-5-7-14-8-6-12;1-3-4-2;1-2/h9-10H,6-8H2,1-5H3;9-10H,1-8H2;3H2,1-2H3;1-2H3. The molecule has 9 nitrogen and oxygen atoms in total. The lowest BCUT2D eigenvalue weighted by Crippen LogP contribution is -2.48. The molecule has 2 saturated heterocycles. The van der Waals surface area contributed by atoms with Gasteiger partial charge in [-0.25, -0.2) is 8.42 Å². The third kappa shape index (κ3) is 12.6. The van der Waals surface area contributed by atoms with Gasteiger partial charge in [-0.1, -0.05) is 27.7 Å². The van der Waals surface area contributed by atoms with E-state index in [1.165, 1.54) is 4.31 Å². The van der Waals surface area contributed by atoms with Crippen LogP contribution in [0.5, 0.6) is 5.75 Å². The fourth-order valence-corrected chi connectivity index (χ4v) is 6.51. The van der Waals surface area contributed by atoms with Gasteiger partial charge in [0, 0.05) is 59.0 Å². The van der Waals surface area contributed by atoms with Gasteiger partial charge in [-0.05, 0) is 63.3 Å². The van der Waals surface area contributed by atoms with Gasteiger partial charge in [-0.15, -0.1) is 0 Å². The molecule has 0 radical (unpaired) electrons. The second kappa shape index (κ2) is 21.1. The van der Waals surface area contributed by atoms with Crippen molar-refractivity contribution in [3.63, 3.8) is 0 Å². The zero-order valence-electron chi connectivity index (χ0n) is 26.0. The Morgan fingerprint density at radius 2 is 1.51 bits per heavy atom. The molecule has 0 spiro atoms. The summed E-state index contributed by atoms with van der Waals surface area (Å²) in [6.45, 7) is 21.0. The molecule has 0 unspecified atom stereocenters. The fraction of sp³-hybridized carbons (Fsp3) is 0.759. The van der Waals surface area contributed by atoms with Crippen molar-refractivity contribution in [2.45, 2.75) is 78.7 Å². The number of carbonyl (C=O) groups excluding carboxylic acids is 1. The van der Waals surface area contributed by atoms with Gasteiger partial charge in [-0.2, -0.15) is 4.31 Å². The molecule has 3 rings (SSSR count). The summed E-state index contributed by atoms with van der Waals surface area (Å²) in [5, 5.41) is 0. The van der Waals surface area contributed by atoms with Crippen LogP contribution in [0.4, 0.5) is 0 Å². The first-order chi connectivity index (χ1) is 18.7. The van der Waals surface area contributed by atoms with Crippen molar-refractivity contribution in [3.8, 4) is 5.75 Å². The van der Waals surface area contributed by atoms with Crippen molar-refractivity contribution in [3.05, 3.63) is 23.3 Å². The van der Waals surface area contributed by atoms with E-state index in [1.54, 1.807) is 26.4 Å². The highest BCUT2D eigenvalue weighted by Gasteiger charge is 2.27. The van der Waals surface area contributed by atoms with Crippen LogP contribution in [0.1, 0.15) is 65.0 Å². The average Bonchev–Trinajstić information content (AvgIpc) is 2.97. The second-order valence-electron chi connectivity index (χ2n) is 9.19. The number of hydrogen-bond acceptors (Lipinski definition) is 7. The second-order valence-corrected chi connectivity index (χ2v) is 11.1. The number of aryl methyl sites for hydroxylation is 2. The van der Waals surface area contributed by atoms with Gasteiger partial charge in [0.1, 0.15) is 5.75 Å². The smallest absolute Gasteiger partial charge is 0.243 e. The highest BCUT2D eigenvalue weighted by Crippen LogP contribution is 2.28. The Labute approximate surface area is 238 Å². The third-order valence-electron chi connectivity index (χ3n) is 6.59. The van der Waals surface area contributed by atoms with E-state index < -0.39 is 10.0 Å². The molecule has 0 N–H and O–H groups in total. The third-order valence-corrected chi connectivity index (χ3v) is 8.87. The topological polar surface area (TPSA) is 88.6 Å². The maximum Gasteiger partial charge on any atom is 0.243 e. The molecule has 0 atom stereocenters. The van der Waals surface area contributed by atoms with Crippen molar-refractivity contribution in [1.82, 2.24) is 14.1 Å². The number of sulfonamides is 1. The van der Waals surface area contributed by atoms with Gasteiger partial charge < -0.3 is 19.1 Å². The maximum absolute atomic E-state index is 12.7. The van der Waals surface area contributed by atoms with Gasteiger partial charge in [0.25, 0.3) is 0 Å². The number of ether oxygens (including phenoxy) is 3. The predicted molar refractivity (Wildman–Crippen MR) is 159 cm³/mol. The predicted octanol–water partition coefficient (Wildman–Crippen LogP) is 4.35.